The van der Waals surface area contributed by atoms with Crippen LogP contribution in [-0.4, -0.2) is 46.0 Å². The smallest absolute Gasteiger partial charge is 0.269 e. The lowest BCUT2D eigenvalue weighted by atomic mass is 9.83. The van der Waals surface area contributed by atoms with E-state index in [9.17, 15) is 20.3 Å². The average Bonchev–Trinajstić information content (AvgIpc) is 2.69. The summed E-state index contributed by atoms with van der Waals surface area (Å²) in [5.74, 6) is 0.496. The highest BCUT2D eigenvalue weighted by atomic mass is 16.6. The topological polar surface area (TPSA) is 105 Å². The van der Waals surface area contributed by atoms with E-state index in [0.29, 0.717) is 38.1 Å². The molecule has 2 aromatic rings. The third-order valence-electron chi connectivity index (χ3n) is 5.23. The van der Waals surface area contributed by atoms with Crippen molar-refractivity contribution in [2.24, 2.45) is 0 Å². The van der Waals surface area contributed by atoms with Crippen molar-refractivity contribution < 1.29 is 19.9 Å². The zero-order valence-corrected chi connectivity index (χ0v) is 15.7. The fourth-order valence-electron chi connectivity index (χ4n) is 3.55. The second-order valence-corrected chi connectivity index (χ2v) is 7.29. The van der Waals surface area contributed by atoms with Crippen LogP contribution in [0.2, 0.25) is 0 Å². The number of nitro groups is 1. The van der Waals surface area contributed by atoms with Gasteiger partial charge < -0.3 is 20.3 Å². The predicted octanol–water partition coefficient (Wildman–Crippen LogP) is 2.45. The first-order chi connectivity index (χ1) is 13.5. The summed E-state index contributed by atoms with van der Waals surface area (Å²) in [6.45, 7) is 1.33. The summed E-state index contributed by atoms with van der Waals surface area (Å²) < 4.78 is 6.05. The van der Waals surface area contributed by atoms with E-state index in [0.717, 1.165) is 5.56 Å². The Morgan fingerprint density at radius 3 is 2.36 bits per heavy atom. The molecule has 7 nitrogen and oxygen atoms in total. The Labute approximate surface area is 164 Å². The van der Waals surface area contributed by atoms with Crippen LogP contribution in [0.4, 0.5) is 5.69 Å². The van der Waals surface area contributed by atoms with Crippen LogP contribution < -0.4 is 10.1 Å². The van der Waals surface area contributed by atoms with Gasteiger partial charge in [-0.15, -0.1) is 0 Å². The van der Waals surface area contributed by atoms with Gasteiger partial charge >= 0.3 is 0 Å². The van der Waals surface area contributed by atoms with Gasteiger partial charge in [-0.05, 0) is 43.6 Å². The molecule has 1 heterocycles. The van der Waals surface area contributed by atoms with Crippen molar-refractivity contribution >= 4 is 5.69 Å². The Bertz CT molecular complexity index is 760. The van der Waals surface area contributed by atoms with E-state index in [2.05, 4.69) is 5.32 Å². The third kappa shape index (κ3) is 5.28. The number of aliphatic hydroxyl groups excluding tert-OH is 1. The monoisotopic (exact) mass is 386 g/mol. The Balaban J connectivity index is 1.73. The third-order valence-corrected chi connectivity index (χ3v) is 5.23. The van der Waals surface area contributed by atoms with Crippen molar-refractivity contribution in [3.63, 3.8) is 0 Å². The molecule has 0 amide bonds. The second-order valence-electron chi connectivity index (χ2n) is 7.29. The molecule has 0 saturated carbocycles. The van der Waals surface area contributed by atoms with Crippen LogP contribution in [0.5, 0.6) is 5.75 Å². The van der Waals surface area contributed by atoms with Crippen LogP contribution in [0.25, 0.3) is 0 Å². The Kier molecular flexibility index (Phi) is 6.61. The largest absolute Gasteiger partial charge is 0.490 e. The lowest BCUT2D eigenvalue weighted by molar-refractivity contribution is -0.384. The minimum atomic E-state index is -1.13. The number of ether oxygens (including phenoxy) is 1. The van der Waals surface area contributed by atoms with E-state index in [4.69, 9.17) is 4.74 Å². The molecule has 150 valence electrons. The molecular formula is C21H26N2O5. The first kappa shape index (κ1) is 20.3. The Hall–Kier alpha value is -2.48. The molecular weight excluding hydrogens is 360 g/mol. The summed E-state index contributed by atoms with van der Waals surface area (Å²) in [5.41, 5.74) is -0.0751. The van der Waals surface area contributed by atoms with Crippen molar-refractivity contribution in [3.05, 3.63) is 70.3 Å². The van der Waals surface area contributed by atoms with Crippen LogP contribution in [0.15, 0.2) is 54.6 Å². The second kappa shape index (κ2) is 9.14. The van der Waals surface area contributed by atoms with Crippen molar-refractivity contribution in [1.29, 1.82) is 0 Å². The van der Waals surface area contributed by atoms with Gasteiger partial charge in [0.05, 0.1) is 16.6 Å². The van der Waals surface area contributed by atoms with Crippen LogP contribution in [0, 0.1) is 10.1 Å². The Morgan fingerprint density at radius 1 is 1.11 bits per heavy atom. The maximum Gasteiger partial charge on any atom is 0.269 e. The molecule has 2 aromatic carbocycles. The van der Waals surface area contributed by atoms with E-state index in [1.165, 1.54) is 12.1 Å². The molecule has 28 heavy (non-hydrogen) atoms. The lowest BCUT2D eigenvalue weighted by Gasteiger charge is -2.38. The molecule has 2 unspecified atom stereocenters. The van der Waals surface area contributed by atoms with Crippen LogP contribution in [0.1, 0.15) is 24.8 Å². The van der Waals surface area contributed by atoms with E-state index in [1.807, 2.05) is 30.3 Å². The molecule has 0 bridgehead atoms. The number of benzene rings is 2. The number of nitro benzene ring substituents is 1. The van der Waals surface area contributed by atoms with Gasteiger partial charge in [-0.25, -0.2) is 0 Å². The van der Waals surface area contributed by atoms with E-state index in [-0.39, 0.29) is 18.2 Å². The molecule has 0 spiro atoms. The maximum absolute atomic E-state index is 10.8. The molecule has 0 aromatic heterocycles. The van der Waals surface area contributed by atoms with Crippen molar-refractivity contribution in [3.8, 4) is 5.75 Å². The van der Waals surface area contributed by atoms with Crippen molar-refractivity contribution in [2.45, 2.75) is 43.5 Å². The van der Waals surface area contributed by atoms with Gasteiger partial charge in [-0.3, -0.25) is 10.1 Å². The first-order valence-electron chi connectivity index (χ1n) is 9.52. The summed E-state index contributed by atoms with van der Waals surface area (Å²) >= 11 is 0. The van der Waals surface area contributed by atoms with Gasteiger partial charge in [0.15, 0.2) is 0 Å². The van der Waals surface area contributed by atoms with Gasteiger partial charge in [-0.2, -0.15) is 0 Å². The summed E-state index contributed by atoms with van der Waals surface area (Å²) in [6.07, 6.45) is 0.512. The first-order valence-corrected chi connectivity index (χ1v) is 9.52. The van der Waals surface area contributed by atoms with Gasteiger partial charge in [0.25, 0.3) is 5.69 Å². The standard InChI is InChI=1S/C21H26N2O5/c24-20(21(25)10-12-22-13-11-21)15-19(14-16-4-2-1-3-5-16)28-18-8-6-17(7-9-18)23(26)27/h1-9,19-20,22,24-25H,10-15H2. The summed E-state index contributed by atoms with van der Waals surface area (Å²) in [7, 11) is 0. The zero-order chi connectivity index (χ0) is 20.0. The predicted molar refractivity (Wildman–Crippen MR) is 105 cm³/mol. The average molecular weight is 386 g/mol. The molecule has 1 fully saturated rings. The molecule has 0 radical (unpaired) electrons. The number of hydrogen-bond acceptors (Lipinski definition) is 6. The summed E-state index contributed by atoms with van der Waals surface area (Å²) in [4.78, 5) is 10.4. The van der Waals surface area contributed by atoms with E-state index < -0.39 is 16.6 Å². The highest BCUT2D eigenvalue weighted by Crippen LogP contribution is 2.28. The molecule has 7 heteroatoms. The maximum atomic E-state index is 10.8. The molecule has 3 rings (SSSR count). The molecule has 1 aliphatic rings. The zero-order valence-electron chi connectivity index (χ0n) is 15.7. The van der Waals surface area contributed by atoms with E-state index >= 15 is 0 Å². The number of piperidine rings is 1. The Morgan fingerprint density at radius 2 is 1.75 bits per heavy atom. The van der Waals surface area contributed by atoms with Crippen molar-refractivity contribution in [2.75, 3.05) is 13.1 Å². The van der Waals surface area contributed by atoms with Gasteiger partial charge in [0.1, 0.15) is 11.9 Å². The fraction of sp³-hybridized carbons (Fsp3) is 0.429. The van der Waals surface area contributed by atoms with Gasteiger partial charge in [0, 0.05) is 25.0 Å². The molecule has 0 aliphatic carbocycles. The highest BCUT2D eigenvalue weighted by molar-refractivity contribution is 5.36. The van der Waals surface area contributed by atoms with Crippen LogP contribution in [0.3, 0.4) is 0 Å². The number of nitrogens with zero attached hydrogens (tertiary/aromatic N) is 1. The van der Waals surface area contributed by atoms with Crippen molar-refractivity contribution in [1.82, 2.24) is 5.32 Å². The molecule has 2 atom stereocenters. The lowest BCUT2D eigenvalue weighted by Crippen LogP contribution is -2.51. The van der Waals surface area contributed by atoms with Crippen LogP contribution >= 0.6 is 0 Å². The van der Waals surface area contributed by atoms with Gasteiger partial charge in [-0.1, -0.05) is 30.3 Å². The molecule has 1 aliphatic heterocycles. The van der Waals surface area contributed by atoms with E-state index in [1.54, 1.807) is 12.1 Å². The summed E-state index contributed by atoms with van der Waals surface area (Å²) in [5, 5.41) is 35.5. The summed E-state index contributed by atoms with van der Waals surface area (Å²) in [6, 6.07) is 15.7. The number of nitrogens with one attached hydrogen (secondary N) is 1. The highest BCUT2D eigenvalue weighted by Gasteiger charge is 2.38. The number of rotatable bonds is 8. The minimum absolute atomic E-state index is 0.00369. The number of hydrogen-bond donors (Lipinski definition) is 3. The van der Waals surface area contributed by atoms with Crippen LogP contribution in [-0.2, 0) is 6.42 Å². The quantitative estimate of drug-likeness (QED) is 0.475. The normalized spacial score (nSPS) is 18.2. The van der Waals surface area contributed by atoms with Gasteiger partial charge in [0.2, 0.25) is 0 Å². The fourth-order valence-corrected chi connectivity index (χ4v) is 3.55. The molecule has 1 saturated heterocycles. The number of aliphatic hydroxyl groups is 2. The minimum Gasteiger partial charge on any atom is -0.490 e. The SMILES string of the molecule is O=[N+]([O-])c1ccc(OC(Cc2ccccc2)CC(O)C2(O)CCNCC2)cc1. The molecule has 3 N–H and O–H groups in total. The number of non-ortho nitro benzene ring substituents is 1.